The fraction of sp³-hybridized carbons (Fsp3) is 0.500. The smallest absolute Gasteiger partial charge is 0.254 e. The van der Waals surface area contributed by atoms with Gasteiger partial charge in [0.25, 0.3) is 5.91 Å². The molecule has 0 unspecified atom stereocenters. The number of sulfonamides is 1. The number of halogens is 1. The van der Waals surface area contributed by atoms with Gasteiger partial charge in [0, 0.05) is 18.2 Å². The second kappa shape index (κ2) is 6.53. The maximum Gasteiger partial charge on any atom is 0.254 e. The Hall–Kier alpha value is -1.47. The summed E-state index contributed by atoms with van der Waals surface area (Å²) < 4.78 is 36.7. The van der Waals surface area contributed by atoms with Gasteiger partial charge in [-0.2, -0.15) is 0 Å². The zero-order valence-corrected chi connectivity index (χ0v) is 13.5. The quantitative estimate of drug-likeness (QED) is 0.902. The van der Waals surface area contributed by atoms with E-state index < -0.39 is 21.7 Å². The van der Waals surface area contributed by atoms with E-state index in [-0.39, 0.29) is 22.1 Å². The van der Waals surface area contributed by atoms with Crippen molar-refractivity contribution in [1.29, 1.82) is 0 Å². The number of amides is 1. The van der Waals surface area contributed by atoms with E-state index >= 15 is 0 Å². The molecule has 0 saturated heterocycles. The lowest BCUT2D eigenvalue weighted by Crippen LogP contribution is -2.38. The number of benzene rings is 1. The van der Waals surface area contributed by atoms with Crippen LogP contribution in [0.1, 0.15) is 43.1 Å². The van der Waals surface area contributed by atoms with Crippen LogP contribution in [0, 0.1) is 12.7 Å². The molecule has 0 heterocycles. The van der Waals surface area contributed by atoms with Crippen LogP contribution < -0.4 is 5.14 Å². The lowest BCUT2D eigenvalue weighted by atomic mass is 10.1. The predicted molar refractivity (Wildman–Crippen MR) is 79.0 cm³/mol. The van der Waals surface area contributed by atoms with Crippen molar-refractivity contribution in [3.05, 3.63) is 29.1 Å². The Balaban J connectivity index is 3.43. The number of carbonyl (C=O) groups is 1. The normalized spacial score (nSPS) is 11.8. The number of carbonyl (C=O) groups excluding carboxylic acids is 1. The van der Waals surface area contributed by atoms with Gasteiger partial charge in [0.15, 0.2) is 0 Å². The third-order valence-corrected chi connectivity index (χ3v) is 4.25. The standard InChI is InChI=1S/C14H21FN2O3S/c1-5-6-17(9(2)3)14(18)12-7-11(15)8-13(10(12)4)21(16,19)20/h7-9H,5-6H2,1-4H3,(H2,16,19,20). The van der Waals surface area contributed by atoms with E-state index in [2.05, 4.69) is 0 Å². The Morgan fingerprint density at radius 3 is 2.38 bits per heavy atom. The van der Waals surface area contributed by atoms with Gasteiger partial charge in [-0.3, -0.25) is 4.79 Å². The Kier molecular flexibility index (Phi) is 5.47. The molecule has 21 heavy (non-hydrogen) atoms. The Bertz CT molecular complexity index is 642. The van der Waals surface area contributed by atoms with Crippen molar-refractivity contribution in [3.63, 3.8) is 0 Å². The van der Waals surface area contributed by atoms with Gasteiger partial charge < -0.3 is 4.90 Å². The van der Waals surface area contributed by atoms with Crippen LogP contribution in [-0.2, 0) is 10.0 Å². The lowest BCUT2D eigenvalue weighted by Gasteiger charge is -2.27. The van der Waals surface area contributed by atoms with E-state index in [4.69, 9.17) is 5.14 Å². The summed E-state index contributed by atoms with van der Waals surface area (Å²) in [5.41, 5.74) is 0.201. The van der Waals surface area contributed by atoms with Crippen LogP contribution in [0.3, 0.4) is 0 Å². The summed E-state index contributed by atoms with van der Waals surface area (Å²) in [5.74, 6) is -1.19. The summed E-state index contributed by atoms with van der Waals surface area (Å²) in [6, 6.07) is 1.82. The predicted octanol–water partition coefficient (Wildman–Crippen LogP) is 2.04. The Morgan fingerprint density at radius 2 is 1.95 bits per heavy atom. The van der Waals surface area contributed by atoms with Crippen molar-refractivity contribution in [3.8, 4) is 0 Å². The fourth-order valence-electron chi connectivity index (χ4n) is 2.16. The first-order valence-electron chi connectivity index (χ1n) is 6.73. The van der Waals surface area contributed by atoms with Gasteiger partial charge in [-0.1, -0.05) is 6.92 Å². The highest BCUT2D eigenvalue weighted by atomic mass is 32.2. The highest BCUT2D eigenvalue weighted by molar-refractivity contribution is 7.89. The molecule has 2 N–H and O–H groups in total. The van der Waals surface area contributed by atoms with Crippen LogP contribution in [0.25, 0.3) is 0 Å². The van der Waals surface area contributed by atoms with Crippen molar-refractivity contribution in [1.82, 2.24) is 4.90 Å². The van der Waals surface area contributed by atoms with Gasteiger partial charge in [0.2, 0.25) is 10.0 Å². The summed E-state index contributed by atoms with van der Waals surface area (Å²) in [5, 5.41) is 5.07. The molecule has 0 spiro atoms. The minimum Gasteiger partial charge on any atom is -0.336 e. The first kappa shape index (κ1) is 17.6. The second-order valence-electron chi connectivity index (χ2n) is 5.21. The van der Waals surface area contributed by atoms with Crippen LogP contribution in [0.15, 0.2) is 17.0 Å². The van der Waals surface area contributed by atoms with Crippen molar-refractivity contribution in [2.45, 2.75) is 45.1 Å². The first-order valence-corrected chi connectivity index (χ1v) is 8.28. The van der Waals surface area contributed by atoms with Crippen molar-refractivity contribution in [2.75, 3.05) is 6.54 Å². The SMILES string of the molecule is CCCN(C(=O)c1cc(F)cc(S(N)(=O)=O)c1C)C(C)C. The maximum absolute atomic E-state index is 13.7. The van der Waals surface area contributed by atoms with Crippen LogP contribution in [0.5, 0.6) is 0 Å². The Morgan fingerprint density at radius 1 is 1.38 bits per heavy atom. The van der Waals surface area contributed by atoms with Crippen LogP contribution >= 0.6 is 0 Å². The zero-order chi connectivity index (χ0) is 16.4. The van der Waals surface area contributed by atoms with Gasteiger partial charge in [0.05, 0.1) is 4.90 Å². The summed E-state index contributed by atoms with van der Waals surface area (Å²) >= 11 is 0. The third-order valence-electron chi connectivity index (χ3n) is 3.21. The summed E-state index contributed by atoms with van der Waals surface area (Å²) in [4.78, 5) is 13.8. The van der Waals surface area contributed by atoms with E-state index in [1.165, 1.54) is 6.92 Å². The highest BCUT2D eigenvalue weighted by Gasteiger charge is 2.24. The number of hydrogen-bond acceptors (Lipinski definition) is 3. The summed E-state index contributed by atoms with van der Waals surface area (Å²) in [6.07, 6.45) is 0.750. The van der Waals surface area contributed by atoms with Gasteiger partial charge in [-0.15, -0.1) is 0 Å². The molecule has 0 fully saturated rings. The number of primary sulfonamides is 1. The minimum atomic E-state index is -4.08. The molecule has 1 amide bonds. The molecule has 0 aliphatic heterocycles. The molecule has 0 radical (unpaired) electrons. The molecule has 1 aromatic rings. The number of rotatable bonds is 5. The zero-order valence-electron chi connectivity index (χ0n) is 12.7. The highest BCUT2D eigenvalue weighted by Crippen LogP contribution is 2.22. The minimum absolute atomic E-state index is 0.0289. The average molecular weight is 316 g/mol. The van der Waals surface area contributed by atoms with Crippen LogP contribution in [0.4, 0.5) is 4.39 Å². The average Bonchev–Trinajstić information content (AvgIpc) is 2.35. The van der Waals surface area contributed by atoms with Crippen LogP contribution in [0.2, 0.25) is 0 Å². The Labute approximate surface area is 125 Å². The van der Waals surface area contributed by atoms with E-state index in [1.54, 1.807) is 4.90 Å². The van der Waals surface area contributed by atoms with Crippen molar-refractivity contribution in [2.24, 2.45) is 5.14 Å². The molecule has 0 bridgehead atoms. The molecule has 7 heteroatoms. The maximum atomic E-state index is 13.7. The summed E-state index contributed by atoms with van der Waals surface area (Å²) in [7, 11) is -4.08. The van der Waals surface area contributed by atoms with Gasteiger partial charge >= 0.3 is 0 Å². The van der Waals surface area contributed by atoms with E-state index in [0.717, 1.165) is 18.6 Å². The molecule has 0 aliphatic carbocycles. The van der Waals surface area contributed by atoms with Crippen molar-refractivity contribution >= 4 is 15.9 Å². The molecule has 0 aliphatic rings. The van der Waals surface area contributed by atoms with Gasteiger partial charge in [0.1, 0.15) is 5.82 Å². The summed E-state index contributed by atoms with van der Waals surface area (Å²) in [6.45, 7) is 7.59. The topological polar surface area (TPSA) is 80.5 Å². The molecule has 118 valence electrons. The molecule has 0 aromatic heterocycles. The van der Waals surface area contributed by atoms with E-state index in [0.29, 0.717) is 6.54 Å². The van der Waals surface area contributed by atoms with Gasteiger partial charge in [-0.25, -0.2) is 17.9 Å². The monoisotopic (exact) mass is 316 g/mol. The molecule has 1 rings (SSSR count). The number of hydrogen-bond donors (Lipinski definition) is 1. The molecular formula is C14H21FN2O3S. The first-order chi connectivity index (χ1) is 9.59. The van der Waals surface area contributed by atoms with Gasteiger partial charge in [-0.05, 0) is 44.9 Å². The van der Waals surface area contributed by atoms with E-state index in [9.17, 15) is 17.6 Å². The van der Waals surface area contributed by atoms with E-state index in [1.807, 2.05) is 20.8 Å². The second-order valence-corrected chi connectivity index (χ2v) is 6.74. The lowest BCUT2D eigenvalue weighted by molar-refractivity contribution is 0.0704. The molecule has 1 aromatic carbocycles. The third kappa shape index (κ3) is 4.01. The molecule has 0 saturated carbocycles. The van der Waals surface area contributed by atoms with Crippen LogP contribution in [-0.4, -0.2) is 31.8 Å². The molecule has 0 atom stereocenters. The van der Waals surface area contributed by atoms with Crippen molar-refractivity contribution < 1.29 is 17.6 Å². The number of nitrogens with zero attached hydrogens (tertiary/aromatic N) is 1. The fourth-order valence-corrected chi connectivity index (χ4v) is 2.98. The largest absolute Gasteiger partial charge is 0.336 e. The number of nitrogens with two attached hydrogens (primary N) is 1. The molecular weight excluding hydrogens is 295 g/mol. The molecule has 5 nitrogen and oxygen atoms in total.